The minimum absolute atomic E-state index is 0. The fraction of sp³-hybridized carbons (Fsp3) is 0.833. The smallest absolute Gasteiger partial charge is 0.328 e. The van der Waals surface area contributed by atoms with Gasteiger partial charge in [0, 0.05) is 0 Å². The summed E-state index contributed by atoms with van der Waals surface area (Å²) in [6.07, 6.45) is 7.21. The summed E-state index contributed by atoms with van der Waals surface area (Å²) in [5.41, 5.74) is 5.61. The van der Waals surface area contributed by atoms with Crippen molar-refractivity contribution in [3.05, 3.63) is 6.42 Å². The monoisotopic (exact) mass is 183 g/mol. The maximum absolute atomic E-state index is 5.61. The van der Waals surface area contributed by atoms with Gasteiger partial charge in [0.1, 0.15) is 0 Å². The van der Waals surface area contributed by atoms with Crippen molar-refractivity contribution in [1.82, 2.24) is 0 Å². The predicted octanol–water partition coefficient (Wildman–Crippen LogP) is -1.90. The van der Waals surface area contributed by atoms with Crippen LogP contribution in [0.2, 0.25) is 0 Å². The van der Waals surface area contributed by atoms with Gasteiger partial charge in [-0.15, -0.1) is 0 Å². The van der Waals surface area contributed by atoms with Crippen molar-refractivity contribution in [2.24, 2.45) is 5.73 Å². The zero-order valence-corrected chi connectivity index (χ0v) is 10.5. The maximum atomic E-state index is 5.61. The van der Waals surface area contributed by atoms with Gasteiger partial charge >= 0.3 is 58.2 Å². The van der Waals surface area contributed by atoms with Crippen LogP contribution in [0, 0.1) is 6.42 Å². The molecule has 2 heteroatoms. The van der Waals surface area contributed by atoms with Crippen LogP contribution in [0.5, 0.6) is 0 Å². The van der Waals surface area contributed by atoms with Gasteiger partial charge in [-0.3, -0.25) is 0 Å². The Hall–Kier alpha value is 1.77. The second-order valence-corrected chi connectivity index (χ2v) is 2.20. The van der Waals surface area contributed by atoms with Gasteiger partial charge < -0.3 is 12.2 Å². The van der Waals surface area contributed by atoms with Gasteiger partial charge in [0.2, 0.25) is 0 Å². The molecule has 1 aliphatic rings. The van der Waals surface area contributed by atoms with Gasteiger partial charge in [-0.1, -0.05) is 12.8 Å². The Morgan fingerprint density at radius 3 is 2.00 bits per heavy atom. The Morgan fingerprint density at radius 2 is 1.75 bits per heavy atom. The van der Waals surface area contributed by atoms with Crippen LogP contribution in [0.1, 0.15) is 25.7 Å². The van der Waals surface area contributed by atoms with Gasteiger partial charge in [-0.25, -0.2) is 0 Å². The van der Waals surface area contributed by atoms with Gasteiger partial charge in [-0.2, -0.15) is 12.8 Å². The Morgan fingerprint density at radius 1 is 1.25 bits per heavy atom. The van der Waals surface area contributed by atoms with E-state index in [0.717, 1.165) is 0 Å². The molecule has 1 saturated carbocycles. The molecule has 0 amide bonds. The Kier molecular flexibility index (Phi) is 6.77. The van der Waals surface area contributed by atoms with Crippen molar-refractivity contribution in [2.45, 2.75) is 31.7 Å². The molecule has 0 unspecified atom stereocenters. The van der Waals surface area contributed by atoms with Crippen molar-refractivity contribution in [1.29, 1.82) is 0 Å². The third-order valence-corrected chi connectivity index (χ3v) is 1.48. The molecule has 1 aliphatic carbocycles. The quantitative estimate of drug-likeness (QED) is 0.436. The van der Waals surface area contributed by atoms with E-state index in [9.17, 15) is 0 Å². The molecule has 0 saturated heterocycles. The molecule has 0 radical (unpaired) electrons. The minimum atomic E-state index is 0. The van der Waals surface area contributed by atoms with E-state index in [2.05, 4.69) is 6.42 Å². The molecular formula is C6H12NRb. The van der Waals surface area contributed by atoms with Crippen molar-refractivity contribution < 1.29 is 58.2 Å². The van der Waals surface area contributed by atoms with Crippen LogP contribution < -0.4 is 63.9 Å². The van der Waals surface area contributed by atoms with Gasteiger partial charge in [0.15, 0.2) is 0 Å². The van der Waals surface area contributed by atoms with Gasteiger partial charge in [0.25, 0.3) is 0 Å². The van der Waals surface area contributed by atoms with E-state index in [1.54, 1.807) is 0 Å². The van der Waals surface area contributed by atoms with Crippen LogP contribution in [-0.4, -0.2) is 6.04 Å². The van der Waals surface area contributed by atoms with E-state index in [1.165, 1.54) is 25.7 Å². The predicted molar refractivity (Wildman–Crippen MR) is 30.7 cm³/mol. The second-order valence-electron chi connectivity index (χ2n) is 2.20. The first-order valence-corrected chi connectivity index (χ1v) is 2.97. The Bertz CT molecular complexity index is 50.5. The molecule has 0 heterocycles. The van der Waals surface area contributed by atoms with E-state index in [0.29, 0.717) is 6.04 Å². The van der Waals surface area contributed by atoms with Crippen molar-refractivity contribution in [2.75, 3.05) is 0 Å². The summed E-state index contributed by atoms with van der Waals surface area (Å²) in [4.78, 5) is 0. The minimum Gasteiger partial charge on any atom is -0.328 e. The summed E-state index contributed by atoms with van der Waals surface area (Å²) < 4.78 is 0. The number of hydrogen-bond donors (Lipinski definition) is 1. The summed E-state index contributed by atoms with van der Waals surface area (Å²) in [6.45, 7) is 0. The molecule has 1 fully saturated rings. The molecule has 8 heavy (non-hydrogen) atoms. The molecule has 42 valence electrons. The van der Waals surface area contributed by atoms with Gasteiger partial charge in [0.05, 0.1) is 0 Å². The van der Waals surface area contributed by atoms with Crippen LogP contribution >= 0.6 is 0 Å². The second kappa shape index (κ2) is 5.54. The van der Waals surface area contributed by atoms with Crippen molar-refractivity contribution >= 4 is 0 Å². The maximum Gasteiger partial charge on any atom is 1.00 e. The summed E-state index contributed by atoms with van der Waals surface area (Å²) in [6, 6.07) is 0.505. The first-order valence-electron chi connectivity index (χ1n) is 2.97. The summed E-state index contributed by atoms with van der Waals surface area (Å²) in [5.74, 6) is 0. The average Bonchev–Trinajstić information content (AvgIpc) is 1.69. The van der Waals surface area contributed by atoms with Crippen LogP contribution in [0.4, 0.5) is 0 Å². The molecule has 0 aliphatic heterocycles. The van der Waals surface area contributed by atoms with E-state index >= 15 is 0 Å². The Labute approximate surface area is 100 Å². The number of nitrogens with two attached hydrogens (primary N) is 1. The molecule has 0 aromatic carbocycles. The van der Waals surface area contributed by atoms with Crippen LogP contribution in [-0.2, 0) is 0 Å². The molecule has 0 bridgehead atoms. The standard InChI is InChI=1S/C6H12N.Rb/c7-6-4-2-1-3-5-6;/h1,6H,2-5,7H2;/q-1;+1. The van der Waals surface area contributed by atoms with Crippen LogP contribution in [0.25, 0.3) is 0 Å². The van der Waals surface area contributed by atoms with E-state index < -0.39 is 0 Å². The Balaban J connectivity index is 0.000000490. The fourth-order valence-corrected chi connectivity index (χ4v) is 0.953. The zero-order valence-electron chi connectivity index (χ0n) is 5.56. The molecule has 1 rings (SSSR count). The number of rotatable bonds is 0. The third kappa shape index (κ3) is 3.73. The van der Waals surface area contributed by atoms with Gasteiger partial charge in [-0.05, 0) is 6.04 Å². The first kappa shape index (κ1) is 9.77. The summed E-state index contributed by atoms with van der Waals surface area (Å²) in [5, 5.41) is 0. The molecule has 0 aromatic heterocycles. The van der Waals surface area contributed by atoms with Crippen molar-refractivity contribution in [3.63, 3.8) is 0 Å². The molecule has 1 nitrogen and oxygen atoms in total. The molecular weight excluding hydrogens is 172 g/mol. The molecule has 0 spiro atoms. The zero-order chi connectivity index (χ0) is 5.11. The third-order valence-electron chi connectivity index (χ3n) is 1.48. The van der Waals surface area contributed by atoms with Crippen molar-refractivity contribution in [3.8, 4) is 0 Å². The van der Waals surface area contributed by atoms with E-state index in [1.807, 2.05) is 0 Å². The van der Waals surface area contributed by atoms with Crippen LogP contribution in [0.3, 0.4) is 0 Å². The van der Waals surface area contributed by atoms with E-state index in [-0.39, 0.29) is 58.2 Å². The normalized spacial score (nSPS) is 22.1. The van der Waals surface area contributed by atoms with E-state index in [4.69, 9.17) is 5.73 Å². The fourth-order valence-electron chi connectivity index (χ4n) is 0.953. The molecule has 0 atom stereocenters. The average molecular weight is 184 g/mol. The topological polar surface area (TPSA) is 26.0 Å². The SMILES string of the molecule is NC1CC[CH-]CC1.[Rb+]. The first-order chi connectivity index (χ1) is 3.39. The summed E-state index contributed by atoms with van der Waals surface area (Å²) >= 11 is 0. The largest absolute Gasteiger partial charge is 1.00 e. The molecule has 2 N–H and O–H groups in total. The molecule has 0 aromatic rings. The number of hydrogen-bond acceptors (Lipinski definition) is 1. The summed E-state index contributed by atoms with van der Waals surface area (Å²) in [7, 11) is 0. The van der Waals surface area contributed by atoms with Crippen LogP contribution in [0.15, 0.2) is 0 Å².